The normalized spacial score (nSPS) is 12.6. The molecule has 0 aliphatic heterocycles. The summed E-state index contributed by atoms with van der Waals surface area (Å²) in [5.41, 5.74) is 1.13. The van der Waals surface area contributed by atoms with Crippen molar-refractivity contribution >= 4 is 26.4 Å². The van der Waals surface area contributed by atoms with Gasteiger partial charge in [0.1, 0.15) is 0 Å². The first-order valence-electron chi connectivity index (χ1n) is 9.41. The highest BCUT2D eigenvalue weighted by molar-refractivity contribution is 7.91. The molecule has 0 aliphatic rings. The minimum atomic E-state index is -3.77. The number of rotatable bonds is 6. The lowest BCUT2D eigenvalue weighted by Crippen LogP contribution is -2.18. The van der Waals surface area contributed by atoms with Crippen LogP contribution < -0.4 is 0 Å². The zero-order valence-corrected chi connectivity index (χ0v) is 16.5. The Morgan fingerprint density at radius 3 is 1.97 bits per heavy atom. The average Bonchev–Trinajstić information content (AvgIpc) is 2.78. The molecule has 0 radical (unpaired) electrons. The summed E-state index contributed by atoms with van der Waals surface area (Å²) in [5, 5.41) is 0.885. The number of benzene rings is 4. The van der Waals surface area contributed by atoms with Crippen molar-refractivity contribution in [2.75, 3.05) is 0 Å². The van der Waals surface area contributed by atoms with E-state index in [1.165, 1.54) is 0 Å². The van der Waals surface area contributed by atoms with Crippen molar-refractivity contribution < 1.29 is 13.2 Å². The van der Waals surface area contributed by atoms with Crippen molar-refractivity contribution in [2.45, 2.75) is 16.6 Å². The number of Topliss-reactive ketones (excluding diaryl/α,β-unsaturated/α-hetero) is 1. The lowest BCUT2D eigenvalue weighted by Gasteiger charge is -2.18. The molecule has 0 saturated carbocycles. The Balaban J connectivity index is 1.77. The summed E-state index contributed by atoms with van der Waals surface area (Å²) in [4.78, 5) is 13.1. The maximum atomic E-state index is 13.6. The van der Waals surface area contributed by atoms with E-state index in [0.29, 0.717) is 11.1 Å². The van der Waals surface area contributed by atoms with Gasteiger partial charge in [-0.25, -0.2) is 8.42 Å². The lowest BCUT2D eigenvalue weighted by atomic mass is 10.0. The Kier molecular flexibility index (Phi) is 5.28. The Morgan fingerprint density at radius 2 is 1.28 bits per heavy atom. The van der Waals surface area contributed by atoms with Crippen LogP contribution in [-0.2, 0) is 9.84 Å². The summed E-state index contributed by atoms with van der Waals surface area (Å²) in [6.45, 7) is 0. The summed E-state index contributed by atoms with van der Waals surface area (Å²) in [7, 11) is -3.77. The van der Waals surface area contributed by atoms with Crippen LogP contribution in [0.4, 0.5) is 0 Å². The van der Waals surface area contributed by atoms with Gasteiger partial charge in [0.2, 0.25) is 0 Å². The molecule has 4 heteroatoms. The molecule has 0 aliphatic carbocycles. The van der Waals surface area contributed by atoms with Gasteiger partial charge in [0.25, 0.3) is 0 Å². The highest BCUT2D eigenvalue weighted by Gasteiger charge is 2.31. The molecule has 1 atom stereocenters. The fourth-order valence-electron chi connectivity index (χ4n) is 3.49. The van der Waals surface area contributed by atoms with Gasteiger partial charge < -0.3 is 0 Å². The Bertz CT molecular complexity index is 1250. The van der Waals surface area contributed by atoms with E-state index < -0.39 is 15.1 Å². The van der Waals surface area contributed by atoms with E-state index in [1.807, 2.05) is 42.5 Å². The molecule has 0 heterocycles. The minimum absolute atomic E-state index is 0.108. The molecule has 144 valence electrons. The molecular formula is C25H20O3S. The number of sulfone groups is 1. The van der Waals surface area contributed by atoms with Gasteiger partial charge in [-0.3, -0.25) is 4.79 Å². The maximum Gasteiger partial charge on any atom is 0.185 e. The van der Waals surface area contributed by atoms with Gasteiger partial charge in [-0.1, -0.05) is 91.0 Å². The third-order valence-electron chi connectivity index (χ3n) is 5.06. The van der Waals surface area contributed by atoms with E-state index in [1.54, 1.807) is 60.7 Å². The topological polar surface area (TPSA) is 51.2 Å². The molecule has 4 rings (SSSR count). The van der Waals surface area contributed by atoms with E-state index in [9.17, 15) is 13.2 Å². The molecule has 0 fully saturated rings. The summed E-state index contributed by atoms with van der Waals surface area (Å²) in [6, 6.07) is 30.5. The second-order valence-corrected chi connectivity index (χ2v) is 9.08. The maximum absolute atomic E-state index is 13.6. The predicted molar refractivity (Wildman–Crippen MR) is 116 cm³/mol. The molecule has 3 nitrogen and oxygen atoms in total. The van der Waals surface area contributed by atoms with Gasteiger partial charge in [-0.05, 0) is 28.5 Å². The number of carbonyl (C=O) groups excluding carboxylic acids is 1. The van der Waals surface area contributed by atoms with Gasteiger partial charge >= 0.3 is 0 Å². The summed E-state index contributed by atoms with van der Waals surface area (Å²) >= 11 is 0. The number of carbonyl (C=O) groups is 1. The summed E-state index contributed by atoms with van der Waals surface area (Å²) in [6.07, 6.45) is -0.108. The van der Waals surface area contributed by atoms with Crippen molar-refractivity contribution in [3.05, 3.63) is 114 Å². The fourth-order valence-corrected chi connectivity index (χ4v) is 5.26. The number of hydrogen-bond donors (Lipinski definition) is 0. The fraction of sp³-hybridized carbons (Fsp3) is 0.0800. The van der Waals surface area contributed by atoms with Crippen molar-refractivity contribution in [3.63, 3.8) is 0 Å². The van der Waals surface area contributed by atoms with Crippen molar-refractivity contribution in [3.8, 4) is 0 Å². The third-order valence-corrected chi connectivity index (χ3v) is 7.16. The number of fused-ring (bicyclic) bond motifs is 1. The van der Waals surface area contributed by atoms with Gasteiger partial charge in [0, 0.05) is 12.0 Å². The quantitative estimate of drug-likeness (QED) is 0.394. The zero-order chi connectivity index (χ0) is 20.3. The molecule has 1 unspecified atom stereocenters. The van der Waals surface area contributed by atoms with Crippen LogP contribution in [0.25, 0.3) is 10.8 Å². The van der Waals surface area contributed by atoms with Gasteiger partial charge in [-0.15, -0.1) is 0 Å². The van der Waals surface area contributed by atoms with E-state index >= 15 is 0 Å². The van der Waals surface area contributed by atoms with Crippen LogP contribution in [0, 0.1) is 0 Å². The molecule has 0 bridgehead atoms. The van der Waals surface area contributed by atoms with Crippen LogP contribution in [0.5, 0.6) is 0 Å². The van der Waals surface area contributed by atoms with E-state index in [2.05, 4.69) is 0 Å². The summed E-state index contributed by atoms with van der Waals surface area (Å²) in [5.74, 6) is -0.191. The van der Waals surface area contributed by atoms with Crippen LogP contribution >= 0.6 is 0 Å². The van der Waals surface area contributed by atoms with Crippen molar-refractivity contribution in [1.82, 2.24) is 0 Å². The molecule has 0 spiro atoms. The van der Waals surface area contributed by atoms with E-state index in [0.717, 1.165) is 10.8 Å². The standard InChI is InChI=1S/C25H20O3S/c26-24(20-10-3-1-4-11-20)18-25(21-12-5-2-6-13-21)29(27,28)23-16-15-19-9-7-8-14-22(19)17-23/h1-17,25H,18H2. The number of ketones is 1. The summed E-state index contributed by atoms with van der Waals surface area (Å²) < 4.78 is 27.2. The molecule has 0 aromatic heterocycles. The van der Waals surface area contributed by atoms with E-state index in [4.69, 9.17) is 0 Å². The Morgan fingerprint density at radius 1 is 0.690 bits per heavy atom. The molecule has 4 aromatic carbocycles. The van der Waals surface area contributed by atoms with Crippen LogP contribution in [0.15, 0.2) is 108 Å². The largest absolute Gasteiger partial charge is 0.294 e. The molecular weight excluding hydrogens is 380 g/mol. The predicted octanol–water partition coefficient (Wildman–Crippen LogP) is 5.63. The highest BCUT2D eigenvalue weighted by atomic mass is 32.2. The first-order chi connectivity index (χ1) is 14.1. The highest BCUT2D eigenvalue weighted by Crippen LogP contribution is 2.34. The number of hydrogen-bond acceptors (Lipinski definition) is 3. The smallest absolute Gasteiger partial charge is 0.185 e. The first-order valence-corrected chi connectivity index (χ1v) is 11.0. The Hall–Kier alpha value is -3.24. The SMILES string of the molecule is O=C(CC(c1ccccc1)S(=O)(=O)c1ccc2ccccc2c1)c1ccccc1. The van der Waals surface area contributed by atoms with Crippen LogP contribution in [-0.4, -0.2) is 14.2 Å². The second kappa shape index (κ2) is 8.02. The van der Waals surface area contributed by atoms with Crippen molar-refractivity contribution in [2.24, 2.45) is 0 Å². The molecule has 0 amide bonds. The third kappa shape index (κ3) is 3.98. The second-order valence-electron chi connectivity index (χ2n) is 6.95. The molecule has 29 heavy (non-hydrogen) atoms. The van der Waals surface area contributed by atoms with Gasteiger partial charge in [-0.2, -0.15) is 0 Å². The van der Waals surface area contributed by atoms with Gasteiger partial charge in [0.05, 0.1) is 10.1 Å². The Labute approximate surface area is 170 Å². The van der Waals surface area contributed by atoms with Crippen LogP contribution in [0.2, 0.25) is 0 Å². The molecule has 0 N–H and O–H groups in total. The lowest BCUT2D eigenvalue weighted by molar-refractivity contribution is 0.0980. The van der Waals surface area contributed by atoms with Gasteiger partial charge in [0.15, 0.2) is 15.6 Å². The average molecular weight is 400 g/mol. The zero-order valence-electron chi connectivity index (χ0n) is 15.7. The van der Waals surface area contributed by atoms with E-state index in [-0.39, 0.29) is 17.1 Å². The van der Waals surface area contributed by atoms with Crippen molar-refractivity contribution in [1.29, 1.82) is 0 Å². The molecule has 0 saturated heterocycles. The monoisotopic (exact) mass is 400 g/mol. The first kappa shape index (κ1) is 19.1. The molecule has 4 aromatic rings. The van der Waals surface area contributed by atoms with Crippen LogP contribution in [0.3, 0.4) is 0 Å². The van der Waals surface area contributed by atoms with Crippen LogP contribution in [0.1, 0.15) is 27.6 Å². The minimum Gasteiger partial charge on any atom is -0.294 e.